The molecule has 3 aromatic carbocycles. The number of fused-ring (bicyclic) bond motifs is 1. The molecular weight excluding hydrogens is 533 g/mol. The molecule has 1 aromatic heterocycles. The fourth-order valence-corrected chi connectivity index (χ4v) is 5.89. The van der Waals surface area contributed by atoms with E-state index in [-0.39, 0.29) is 17.5 Å². The fourth-order valence-electron chi connectivity index (χ4n) is 5.49. The maximum Gasteiger partial charge on any atom is 0.256 e. The molecule has 4 aromatic rings. The number of hydrogen-bond acceptors (Lipinski definition) is 4. The van der Waals surface area contributed by atoms with Crippen molar-refractivity contribution in [1.82, 2.24) is 14.9 Å². The lowest BCUT2D eigenvalue weighted by Gasteiger charge is -2.24. The molecule has 8 heteroatoms. The lowest BCUT2D eigenvalue weighted by atomic mass is 9.94. The minimum atomic E-state index is -1.39. The van der Waals surface area contributed by atoms with Crippen LogP contribution in [0.25, 0.3) is 11.1 Å². The average Bonchev–Trinajstić information content (AvgIpc) is 3.79. The number of aromatic amines is 1. The first-order valence-electron chi connectivity index (χ1n) is 13.1. The summed E-state index contributed by atoms with van der Waals surface area (Å²) in [4.78, 5) is 36.3. The molecule has 0 saturated heterocycles. The number of nitrogens with one attached hydrogen (secondary N) is 1. The van der Waals surface area contributed by atoms with E-state index in [0.29, 0.717) is 51.9 Å². The topological polar surface area (TPSA) is 86.3 Å². The molecule has 1 aliphatic carbocycles. The van der Waals surface area contributed by atoms with Crippen molar-refractivity contribution < 1.29 is 9.90 Å². The van der Waals surface area contributed by atoms with E-state index in [1.165, 1.54) is 0 Å². The number of aliphatic hydroxyl groups excluding tert-OH is 1. The Morgan fingerprint density at radius 2 is 1.82 bits per heavy atom. The Balaban J connectivity index is 1.25. The first-order chi connectivity index (χ1) is 18.9. The van der Waals surface area contributed by atoms with Crippen molar-refractivity contribution in [2.45, 2.75) is 43.7 Å². The van der Waals surface area contributed by atoms with Crippen LogP contribution < -0.4 is 5.56 Å². The average molecular weight is 560 g/mol. The molecule has 0 bridgehead atoms. The number of hydrogen-bond donors (Lipinski definition) is 2. The van der Waals surface area contributed by atoms with E-state index in [1.54, 1.807) is 41.3 Å². The number of rotatable bonds is 5. The predicted octanol–water partition coefficient (Wildman–Crippen LogP) is 5.83. The summed E-state index contributed by atoms with van der Waals surface area (Å²) in [5.74, 6) is 0.248. The van der Waals surface area contributed by atoms with E-state index in [2.05, 4.69) is 17.1 Å². The minimum absolute atomic E-state index is 0.103. The number of aromatic nitrogens is 2. The van der Waals surface area contributed by atoms with Gasteiger partial charge in [-0.25, -0.2) is 4.98 Å². The number of nitrogens with zero attached hydrogens (tertiary/aromatic N) is 2. The third-order valence-corrected chi connectivity index (χ3v) is 8.37. The summed E-state index contributed by atoms with van der Waals surface area (Å²) in [6, 6.07) is 22.4. The van der Waals surface area contributed by atoms with Crippen LogP contribution in [0.1, 0.15) is 53.6 Å². The zero-order chi connectivity index (χ0) is 27.1. The van der Waals surface area contributed by atoms with Crippen molar-refractivity contribution in [1.29, 1.82) is 0 Å². The smallest absolute Gasteiger partial charge is 0.256 e. The Morgan fingerprint density at radius 1 is 1.03 bits per heavy atom. The van der Waals surface area contributed by atoms with Crippen LogP contribution in [0.15, 0.2) is 77.6 Å². The summed E-state index contributed by atoms with van der Waals surface area (Å²) in [5, 5.41) is 12.1. The van der Waals surface area contributed by atoms with Crippen LogP contribution in [0.4, 0.5) is 0 Å². The van der Waals surface area contributed by atoms with Gasteiger partial charge in [-0.05, 0) is 66.6 Å². The summed E-state index contributed by atoms with van der Waals surface area (Å²) < 4.78 is 0. The maximum absolute atomic E-state index is 13.5. The summed E-state index contributed by atoms with van der Waals surface area (Å²) in [6.07, 6.45) is 1.74. The maximum atomic E-state index is 13.5. The predicted molar refractivity (Wildman–Crippen MR) is 152 cm³/mol. The number of aryl methyl sites for hydroxylation is 1. The number of amides is 1. The second-order valence-electron chi connectivity index (χ2n) is 10.3. The van der Waals surface area contributed by atoms with Gasteiger partial charge in [0.15, 0.2) is 6.10 Å². The van der Waals surface area contributed by atoms with Crippen molar-refractivity contribution in [3.8, 4) is 11.1 Å². The Hall–Kier alpha value is -3.45. The third-order valence-electron chi connectivity index (χ3n) is 7.81. The molecule has 0 spiro atoms. The summed E-state index contributed by atoms with van der Waals surface area (Å²) in [7, 11) is 0. The Morgan fingerprint density at radius 3 is 2.59 bits per heavy atom. The monoisotopic (exact) mass is 559 g/mol. The molecule has 2 heterocycles. The molecule has 1 aliphatic heterocycles. The van der Waals surface area contributed by atoms with Crippen LogP contribution in [0, 0.1) is 0 Å². The van der Waals surface area contributed by atoms with Crippen LogP contribution >= 0.6 is 23.2 Å². The minimum Gasteiger partial charge on any atom is -0.378 e. The molecule has 39 heavy (non-hydrogen) atoms. The quantitative estimate of drug-likeness (QED) is 0.322. The lowest BCUT2D eigenvalue weighted by Crippen LogP contribution is -2.36. The van der Waals surface area contributed by atoms with Gasteiger partial charge in [-0.2, -0.15) is 0 Å². The van der Waals surface area contributed by atoms with E-state index in [9.17, 15) is 14.7 Å². The summed E-state index contributed by atoms with van der Waals surface area (Å²) in [6.45, 7) is 0.524. The number of halogens is 2. The molecule has 0 unspecified atom stereocenters. The Labute approximate surface area is 236 Å². The normalized spacial score (nSPS) is 16.7. The van der Waals surface area contributed by atoms with Crippen LogP contribution in [-0.2, 0) is 23.2 Å². The molecule has 0 radical (unpaired) electrons. The fraction of sp³-hybridized carbons (Fsp3) is 0.258. The van der Waals surface area contributed by atoms with E-state index in [0.717, 1.165) is 29.7 Å². The molecule has 1 saturated carbocycles. The van der Waals surface area contributed by atoms with E-state index < -0.39 is 12.0 Å². The van der Waals surface area contributed by atoms with E-state index >= 15 is 0 Å². The third kappa shape index (κ3) is 4.89. The number of benzene rings is 3. The highest BCUT2D eigenvalue weighted by Crippen LogP contribution is 2.52. The van der Waals surface area contributed by atoms with Gasteiger partial charge < -0.3 is 15.0 Å². The molecule has 198 valence electrons. The van der Waals surface area contributed by atoms with Crippen LogP contribution in [0.3, 0.4) is 0 Å². The summed E-state index contributed by atoms with van der Waals surface area (Å²) >= 11 is 12.5. The van der Waals surface area contributed by atoms with Gasteiger partial charge in [0.1, 0.15) is 5.82 Å². The molecule has 1 amide bonds. The van der Waals surface area contributed by atoms with Crippen molar-refractivity contribution in [3.63, 3.8) is 0 Å². The van der Waals surface area contributed by atoms with Crippen molar-refractivity contribution in [3.05, 3.63) is 121 Å². The molecule has 2 N–H and O–H groups in total. The number of aliphatic hydroxyl groups is 1. The van der Waals surface area contributed by atoms with Crippen molar-refractivity contribution >= 4 is 29.1 Å². The Kier molecular flexibility index (Phi) is 6.79. The van der Waals surface area contributed by atoms with Crippen molar-refractivity contribution in [2.75, 3.05) is 6.54 Å². The molecule has 2 aliphatic rings. The highest BCUT2D eigenvalue weighted by Gasteiger charge is 2.48. The number of H-pyrrole nitrogens is 1. The van der Waals surface area contributed by atoms with Gasteiger partial charge in [-0.15, -0.1) is 0 Å². The van der Waals surface area contributed by atoms with Gasteiger partial charge >= 0.3 is 0 Å². The SMILES string of the molecule is O=C([C@H](O)c1cccc(-c2cc(Cl)ccc2Cl)c1)N1CCCc2nc(C3(c4ccccc4)CC3)[nH]c(=O)c2C1. The molecular formula is C31H27Cl2N3O3. The van der Waals surface area contributed by atoms with Gasteiger partial charge in [0.05, 0.1) is 23.2 Å². The van der Waals surface area contributed by atoms with E-state index in [4.69, 9.17) is 28.2 Å². The van der Waals surface area contributed by atoms with Gasteiger partial charge in [0.25, 0.3) is 11.5 Å². The second kappa shape index (κ2) is 10.3. The second-order valence-corrected chi connectivity index (χ2v) is 11.1. The zero-order valence-corrected chi connectivity index (χ0v) is 22.7. The van der Waals surface area contributed by atoms with Crippen LogP contribution in [0.5, 0.6) is 0 Å². The van der Waals surface area contributed by atoms with Gasteiger partial charge in [-0.1, -0.05) is 71.7 Å². The molecule has 1 atom stereocenters. The molecule has 1 fully saturated rings. The summed E-state index contributed by atoms with van der Waals surface area (Å²) in [5.41, 5.74) is 3.81. The first-order valence-corrected chi connectivity index (χ1v) is 13.8. The van der Waals surface area contributed by atoms with Crippen LogP contribution in [0.2, 0.25) is 10.0 Å². The molecule has 6 nitrogen and oxygen atoms in total. The number of carbonyl (C=O) groups is 1. The number of carbonyl (C=O) groups excluding carboxylic acids is 1. The molecule has 6 rings (SSSR count). The first kappa shape index (κ1) is 25.8. The van der Waals surface area contributed by atoms with E-state index in [1.807, 2.05) is 24.3 Å². The standard InChI is InChI=1S/C31H27Cl2N3O3/c32-22-11-12-25(33)23(17-22)19-6-4-7-20(16-19)27(37)29(39)36-15-5-10-26-24(18-36)28(38)35-30(34-26)31(13-14-31)21-8-2-1-3-9-21/h1-4,6-9,11-12,16-17,27,37H,5,10,13-15,18H2,(H,34,35,38)/t27-/m1/s1. The largest absolute Gasteiger partial charge is 0.378 e. The lowest BCUT2D eigenvalue weighted by molar-refractivity contribution is -0.141. The van der Waals surface area contributed by atoms with Gasteiger partial charge in [-0.3, -0.25) is 9.59 Å². The highest BCUT2D eigenvalue weighted by molar-refractivity contribution is 6.35. The van der Waals surface area contributed by atoms with Crippen LogP contribution in [-0.4, -0.2) is 32.4 Å². The zero-order valence-electron chi connectivity index (χ0n) is 21.2. The van der Waals surface area contributed by atoms with Gasteiger partial charge in [0, 0.05) is 22.2 Å². The van der Waals surface area contributed by atoms with Crippen molar-refractivity contribution in [2.24, 2.45) is 0 Å². The van der Waals surface area contributed by atoms with Gasteiger partial charge in [0.2, 0.25) is 0 Å². The Bertz CT molecular complexity index is 1620. The highest BCUT2D eigenvalue weighted by atomic mass is 35.5.